The summed E-state index contributed by atoms with van der Waals surface area (Å²) in [5.74, 6) is -3.22. The topological polar surface area (TPSA) is 93.1 Å². The summed E-state index contributed by atoms with van der Waals surface area (Å²) in [4.78, 5) is 22.9. The summed E-state index contributed by atoms with van der Waals surface area (Å²) in [7, 11) is 0. The molecule has 2 N–H and O–H groups in total. The number of hydrogen-bond donors (Lipinski definition) is 2. The Kier molecular flexibility index (Phi) is 6.80. The molecule has 0 saturated carbocycles. The third kappa shape index (κ3) is 6.54. The lowest BCUT2D eigenvalue weighted by molar-refractivity contribution is -0.327. The van der Waals surface area contributed by atoms with Gasteiger partial charge in [-0.1, -0.05) is 12.8 Å². The van der Waals surface area contributed by atoms with Crippen molar-refractivity contribution in [2.24, 2.45) is 0 Å². The van der Waals surface area contributed by atoms with E-state index in [2.05, 4.69) is 0 Å². The Labute approximate surface area is 112 Å². The first-order chi connectivity index (χ1) is 9.06. The molecule has 1 saturated heterocycles. The number of hydrogen-bond acceptors (Lipinski definition) is 6. The molecule has 0 spiro atoms. The summed E-state index contributed by atoms with van der Waals surface area (Å²) in [5, 5.41) is 18.7. The van der Waals surface area contributed by atoms with Gasteiger partial charge in [-0.05, 0) is 25.7 Å². The van der Waals surface area contributed by atoms with E-state index in [4.69, 9.17) is 14.6 Å². The van der Waals surface area contributed by atoms with Crippen molar-refractivity contribution in [3.8, 4) is 0 Å². The van der Waals surface area contributed by atoms with Crippen LogP contribution in [0.4, 0.5) is 0 Å². The van der Waals surface area contributed by atoms with Gasteiger partial charge in [-0.3, -0.25) is 9.59 Å². The number of rotatable bonds is 6. The van der Waals surface area contributed by atoms with Crippen molar-refractivity contribution in [2.75, 3.05) is 6.61 Å². The number of aliphatic hydroxyl groups excluding tert-OH is 1. The molecule has 6 heteroatoms. The Balaban J connectivity index is 2.46. The maximum atomic E-state index is 11.4. The first kappa shape index (κ1) is 15.9. The minimum atomic E-state index is -2.13. The van der Waals surface area contributed by atoms with Gasteiger partial charge in [-0.25, -0.2) is 0 Å². The van der Waals surface area contributed by atoms with E-state index < -0.39 is 17.9 Å². The fourth-order valence-corrected chi connectivity index (χ4v) is 1.93. The quantitative estimate of drug-likeness (QED) is 0.559. The monoisotopic (exact) mass is 274 g/mol. The van der Waals surface area contributed by atoms with E-state index in [1.165, 1.54) is 0 Å². The molecule has 0 aliphatic carbocycles. The number of unbranched alkanes of at least 4 members (excludes halogenated alkanes) is 3. The van der Waals surface area contributed by atoms with Crippen LogP contribution in [0, 0.1) is 0 Å². The molecule has 0 radical (unpaired) electrons. The van der Waals surface area contributed by atoms with Crippen molar-refractivity contribution in [3.05, 3.63) is 0 Å². The molecule has 0 aromatic heterocycles. The zero-order valence-electron chi connectivity index (χ0n) is 11.1. The smallest absolute Gasteiger partial charge is 0.373 e. The highest BCUT2D eigenvalue weighted by molar-refractivity contribution is 5.72. The van der Waals surface area contributed by atoms with Crippen LogP contribution in [0.1, 0.15) is 57.8 Å². The largest absolute Gasteiger partial charge is 0.398 e. The standard InChI is InChI=1S/C13H22O6/c14-10-6-2-1-5-9-13(17)18-11(15)7-3-4-8-12(16)19-13/h14,17H,1-10H2. The average Bonchev–Trinajstić information content (AvgIpc) is 2.39. The van der Waals surface area contributed by atoms with Crippen LogP contribution in [0.2, 0.25) is 0 Å². The Morgan fingerprint density at radius 2 is 1.47 bits per heavy atom. The van der Waals surface area contributed by atoms with Crippen molar-refractivity contribution >= 4 is 11.9 Å². The lowest BCUT2D eigenvalue weighted by Gasteiger charge is -2.26. The third-order valence-electron chi connectivity index (χ3n) is 2.96. The van der Waals surface area contributed by atoms with Crippen LogP contribution in [0.3, 0.4) is 0 Å². The highest BCUT2D eigenvalue weighted by Crippen LogP contribution is 2.23. The SMILES string of the molecule is O=C1CCCCC(=O)OC(O)(CCCCCCO)O1. The second kappa shape index (κ2) is 8.12. The van der Waals surface area contributed by atoms with Crippen molar-refractivity contribution in [2.45, 2.75) is 63.8 Å². The minimum absolute atomic E-state index is 0.0654. The maximum absolute atomic E-state index is 11.4. The number of esters is 2. The lowest BCUT2D eigenvalue weighted by atomic mass is 10.1. The molecule has 1 fully saturated rings. The van der Waals surface area contributed by atoms with E-state index in [0.717, 1.165) is 12.8 Å². The van der Waals surface area contributed by atoms with Gasteiger partial charge in [0.05, 0.1) is 6.42 Å². The Morgan fingerprint density at radius 3 is 2.00 bits per heavy atom. The van der Waals surface area contributed by atoms with Gasteiger partial charge in [0.1, 0.15) is 0 Å². The molecule has 1 heterocycles. The van der Waals surface area contributed by atoms with E-state index >= 15 is 0 Å². The van der Waals surface area contributed by atoms with Crippen LogP contribution in [0.15, 0.2) is 0 Å². The van der Waals surface area contributed by atoms with E-state index in [0.29, 0.717) is 25.7 Å². The average molecular weight is 274 g/mol. The van der Waals surface area contributed by atoms with Gasteiger partial charge < -0.3 is 19.7 Å². The van der Waals surface area contributed by atoms with Gasteiger partial charge in [0.15, 0.2) is 0 Å². The Morgan fingerprint density at radius 1 is 0.947 bits per heavy atom. The van der Waals surface area contributed by atoms with E-state index in [-0.39, 0.29) is 25.9 Å². The van der Waals surface area contributed by atoms with Crippen LogP contribution >= 0.6 is 0 Å². The molecule has 19 heavy (non-hydrogen) atoms. The second-order valence-electron chi connectivity index (χ2n) is 4.76. The molecule has 6 nitrogen and oxygen atoms in total. The molecule has 0 unspecified atom stereocenters. The molecular weight excluding hydrogens is 252 g/mol. The predicted molar refractivity (Wildman–Crippen MR) is 65.8 cm³/mol. The lowest BCUT2D eigenvalue weighted by Crippen LogP contribution is -2.39. The zero-order chi connectivity index (χ0) is 14.1. The van der Waals surface area contributed by atoms with Gasteiger partial charge >= 0.3 is 17.9 Å². The minimum Gasteiger partial charge on any atom is -0.398 e. The molecule has 0 atom stereocenters. The molecule has 1 aliphatic heterocycles. The van der Waals surface area contributed by atoms with Gasteiger partial charge in [0.2, 0.25) is 0 Å². The summed E-state index contributed by atoms with van der Waals surface area (Å²) in [5.41, 5.74) is 0. The van der Waals surface area contributed by atoms with Crippen molar-refractivity contribution in [1.29, 1.82) is 0 Å². The van der Waals surface area contributed by atoms with Crippen molar-refractivity contribution in [1.82, 2.24) is 0 Å². The zero-order valence-corrected chi connectivity index (χ0v) is 11.1. The van der Waals surface area contributed by atoms with Gasteiger partial charge in [0.25, 0.3) is 0 Å². The van der Waals surface area contributed by atoms with Crippen LogP contribution in [0.25, 0.3) is 0 Å². The number of carbonyl (C=O) groups is 2. The number of ether oxygens (including phenoxy) is 2. The third-order valence-corrected chi connectivity index (χ3v) is 2.96. The van der Waals surface area contributed by atoms with Gasteiger partial charge in [0, 0.05) is 19.4 Å². The molecule has 1 aliphatic rings. The van der Waals surface area contributed by atoms with E-state index in [9.17, 15) is 14.7 Å². The number of carbonyl (C=O) groups excluding carboxylic acids is 2. The van der Waals surface area contributed by atoms with Crippen LogP contribution in [-0.2, 0) is 19.1 Å². The van der Waals surface area contributed by atoms with Crippen LogP contribution in [-0.4, -0.2) is 34.7 Å². The summed E-state index contributed by atoms with van der Waals surface area (Å²) in [6.07, 6.45) is 4.37. The van der Waals surface area contributed by atoms with Gasteiger partial charge in [-0.2, -0.15) is 0 Å². The van der Waals surface area contributed by atoms with Crippen LogP contribution in [0.5, 0.6) is 0 Å². The number of cyclic esters (lactones) is 2. The fraction of sp³-hybridized carbons (Fsp3) is 0.846. The molecule has 0 bridgehead atoms. The first-order valence-corrected chi connectivity index (χ1v) is 6.83. The fourth-order valence-electron chi connectivity index (χ4n) is 1.93. The first-order valence-electron chi connectivity index (χ1n) is 6.83. The number of aliphatic hydroxyl groups is 2. The molecular formula is C13H22O6. The van der Waals surface area contributed by atoms with Crippen molar-refractivity contribution in [3.63, 3.8) is 0 Å². The van der Waals surface area contributed by atoms with Crippen molar-refractivity contribution < 1.29 is 29.3 Å². The van der Waals surface area contributed by atoms with Crippen LogP contribution < -0.4 is 0 Å². The second-order valence-corrected chi connectivity index (χ2v) is 4.76. The molecule has 0 aromatic rings. The normalized spacial score (nSPS) is 19.9. The summed E-state index contributed by atoms with van der Waals surface area (Å²) >= 11 is 0. The van der Waals surface area contributed by atoms with Gasteiger partial charge in [-0.15, -0.1) is 0 Å². The molecule has 0 amide bonds. The molecule has 1 rings (SSSR count). The van der Waals surface area contributed by atoms with E-state index in [1.807, 2.05) is 0 Å². The Bertz CT molecular complexity index is 282. The molecule has 110 valence electrons. The Hall–Kier alpha value is -1.14. The highest BCUT2D eigenvalue weighted by atomic mass is 16.8. The summed E-state index contributed by atoms with van der Waals surface area (Å²) < 4.78 is 9.72. The maximum Gasteiger partial charge on any atom is 0.373 e. The van der Waals surface area contributed by atoms with E-state index in [1.54, 1.807) is 0 Å². The molecule has 0 aromatic carbocycles. The summed E-state index contributed by atoms with van der Waals surface area (Å²) in [6.45, 7) is 0.133. The predicted octanol–water partition coefficient (Wildman–Crippen LogP) is 1.24. The highest BCUT2D eigenvalue weighted by Gasteiger charge is 2.36. The summed E-state index contributed by atoms with van der Waals surface area (Å²) in [6, 6.07) is 0.